The van der Waals surface area contributed by atoms with Gasteiger partial charge in [-0.05, 0) is 11.1 Å². The Kier molecular flexibility index (Phi) is 17.1. The van der Waals surface area contributed by atoms with Crippen LogP contribution in [0.1, 0.15) is 11.1 Å². The SMILES string of the molecule is Cc1cc2c(-c3ccccc3)cccc2[cH-]1.Cc1cc2c(-c3ccccc3)cccc2[cH-]1.O=C[NH][Ga][NH]C=O.[Cl-].[Cl-].[Zr+4]. The van der Waals surface area contributed by atoms with E-state index in [4.69, 9.17) is 0 Å². The van der Waals surface area contributed by atoms with Crippen molar-refractivity contribution in [2.45, 2.75) is 13.8 Å². The molecule has 0 unspecified atom stereocenters. The van der Waals surface area contributed by atoms with Gasteiger partial charge in [-0.1, -0.05) is 97.8 Å². The van der Waals surface area contributed by atoms with Gasteiger partial charge in [-0.25, -0.2) is 0 Å². The van der Waals surface area contributed by atoms with E-state index in [0.29, 0.717) is 12.8 Å². The number of nitrogens with one attached hydrogen (secondary N) is 2. The molecule has 8 heteroatoms. The maximum atomic E-state index is 9.45. The fourth-order valence-electron chi connectivity index (χ4n) is 4.62. The van der Waals surface area contributed by atoms with Crippen molar-refractivity contribution in [3.05, 3.63) is 132 Å². The smallest absolute Gasteiger partial charge is 1.00 e. The molecule has 6 aromatic carbocycles. The first-order valence-corrected chi connectivity index (χ1v) is 15.2. The summed E-state index contributed by atoms with van der Waals surface area (Å²) in [6.45, 7) is 4.30. The Labute approximate surface area is 287 Å². The van der Waals surface area contributed by atoms with Crippen LogP contribution in [0.15, 0.2) is 121 Å². The van der Waals surface area contributed by atoms with E-state index in [0.717, 1.165) is 0 Å². The van der Waals surface area contributed by atoms with Crippen LogP contribution in [0, 0.1) is 13.8 Å². The maximum Gasteiger partial charge on any atom is 4.00 e. The zero-order chi connectivity index (χ0) is 27.5. The number of hydrogen-bond acceptors (Lipinski definition) is 2. The second-order valence-corrected chi connectivity index (χ2v) is 11.1. The number of aryl methyl sites for hydroxylation is 2. The first-order chi connectivity index (χ1) is 19.1. The molecule has 2 N–H and O–H groups in total. The molecule has 0 aliphatic heterocycles. The molecule has 209 valence electrons. The third-order valence-electron chi connectivity index (χ3n) is 6.26. The summed E-state index contributed by atoms with van der Waals surface area (Å²) >= 11 is -0.953. The van der Waals surface area contributed by atoms with Crippen LogP contribution >= 0.6 is 0 Å². The second-order valence-electron chi connectivity index (χ2n) is 9.13. The molecule has 0 atom stereocenters. The van der Waals surface area contributed by atoms with Gasteiger partial charge in [0.05, 0.1) is 0 Å². The van der Waals surface area contributed by atoms with Crippen LogP contribution in [0.2, 0.25) is 0 Å². The van der Waals surface area contributed by atoms with E-state index in [1.165, 1.54) is 54.9 Å². The Hall–Kier alpha value is -2.86. The molecule has 0 aliphatic rings. The van der Waals surface area contributed by atoms with Gasteiger partial charge in [-0.2, -0.15) is 12.1 Å². The summed E-state index contributed by atoms with van der Waals surface area (Å²) in [5, 5.41) is 5.37. The summed E-state index contributed by atoms with van der Waals surface area (Å²) in [4.78, 5) is 18.9. The summed E-state index contributed by atoms with van der Waals surface area (Å²) in [5.41, 5.74) is 7.89. The molecule has 0 saturated carbocycles. The molecule has 0 saturated heterocycles. The van der Waals surface area contributed by atoms with E-state index in [9.17, 15) is 9.59 Å². The Bertz CT molecular complexity index is 1530. The van der Waals surface area contributed by atoms with Crippen LogP contribution in [0.5, 0.6) is 0 Å². The van der Waals surface area contributed by atoms with Gasteiger partial charge in [0.1, 0.15) is 0 Å². The minimum absolute atomic E-state index is 0. The summed E-state index contributed by atoms with van der Waals surface area (Å²) in [5.74, 6) is 0. The first-order valence-electron chi connectivity index (χ1n) is 12.7. The van der Waals surface area contributed by atoms with E-state index in [1.807, 2.05) is 0 Å². The van der Waals surface area contributed by atoms with Gasteiger partial charge < -0.3 is 24.8 Å². The van der Waals surface area contributed by atoms with Crippen LogP contribution in [0.3, 0.4) is 0 Å². The molecule has 1 radical (unpaired) electrons. The van der Waals surface area contributed by atoms with Gasteiger partial charge in [-0.15, -0.1) is 69.1 Å². The largest absolute Gasteiger partial charge is 4.00 e. The zero-order valence-electron chi connectivity index (χ0n) is 23.4. The number of hydrogen-bond donors (Lipinski definition) is 2. The molecular formula is C34H30Cl2GaN2O2Zr. The van der Waals surface area contributed by atoms with Crippen molar-refractivity contribution >= 4 is 52.3 Å². The molecule has 0 heterocycles. The number of amides is 2. The second kappa shape index (κ2) is 19.4. The minimum atomic E-state index is -0.953. The van der Waals surface area contributed by atoms with Crippen LogP contribution in [0.4, 0.5) is 0 Å². The van der Waals surface area contributed by atoms with Gasteiger partial charge in [0.25, 0.3) is 0 Å². The van der Waals surface area contributed by atoms with Gasteiger partial charge in [0, 0.05) is 0 Å². The molecule has 0 aliphatic carbocycles. The number of carbonyl (C=O) groups is 2. The van der Waals surface area contributed by atoms with Gasteiger partial charge in [0.15, 0.2) is 0 Å². The normalized spacial score (nSPS) is 9.29. The summed E-state index contributed by atoms with van der Waals surface area (Å²) < 4.78 is 4.76. The van der Waals surface area contributed by atoms with E-state index < -0.39 is 17.9 Å². The van der Waals surface area contributed by atoms with Gasteiger partial charge in [-0.3, -0.25) is 0 Å². The fraction of sp³-hybridized carbons (Fsp3) is 0.0588. The average molecular weight is 730 g/mol. The molecule has 2 amide bonds. The standard InChI is InChI=1S/2C16H13.2CH3NO.2ClH.Ga.Zr/c2*1-12-10-14-8-5-9-15(16(14)11-12)13-6-3-2-4-7-13;2*2-1-3;;;;/h2*2-11H,1H3;2*1H,(H2,2,3);2*1H;;/q2*-1;;;;;+2;+4/p-4. The van der Waals surface area contributed by atoms with Crippen LogP contribution in [-0.2, 0) is 35.8 Å². The number of halogens is 2. The maximum absolute atomic E-state index is 9.45. The monoisotopic (exact) mass is 727 g/mol. The van der Waals surface area contributed by atoms with Crippen molar-refractivity contribution in [1.82, 2.24) is 8.05 Å². The molecule has 0 bridgehead atoms. The number of rotatable bonds is 6. The third kappa shape index (κ3) is 10.1. The summed E-state index contributed by atoms with van der Waals surface area (Å²) in [6, 6.07) is 43.1. The summed E-state index contributed by atoms with van der Waals surface area (Å²) in [7, 11) is 0. The molecule has 4 nitrogen and oxygen atoms in total. The molecular weight excluding hydrogens is 700 g/mol. The molecule has 0 aromatic heterocycles. The topological polar surface area (TPSA) is 58.2 Å². The Morgan fingerprint density at radius 1 is 0.571 bits per heavy atom. The molecule has 6 rings (SSSR count). The number of carbonyl (C=O) groups excluding carboxylic acids is 2. The Balaban J connectivity index is 0.000000327. The van der Waals surface area contributed by atoms with Crippen LogP contribution in [0.25, 0.3) is 43.8 Å². The zero-order valence-corrected chi connectivity index (χ0v) is 29.7. The van der Waals surface area contributed by atoms with E-state index in [-0.39, 0.29) is 51.0 Å². The number of fused-ring (bicyclic) bond motifs is 2. The van der Waals surface area contributed by atoms with Crippen LogP contribution < -0.4 is 32.9 Å². The van der Waals surface area contributed by atoms with Crippen molar-refractivity contribution in [3.8, 4) is 22.3 Å². The van der Waals surface area contributed by atoms with E-state index in [1.54, 1.807) is 0 Å². The Morgan fingerprint density at radius 3 is 1.31 bits per heavy atom. The number of benzene rings is 4. The molecule has 42 heavy (non-hydrogen) atoms. The third-order valence-corrected chi connectivity index (χ3v) is 7.53. The predicted molar refractivity (Wildman–Crippen MR) is 164 cm³/mol. The minimum Gasteiger partial charge on any atom is -1.00 e. The van der Waals surface area contributed by atoms with Gasteiger partial charge in [0.2, 0.25) is 0 Å². The van der Waals surface area contributed by atoms with Crippen LogP contribution in [-0.4, -0.2) is 30.7 Å². The predicted octanol–water partition coefficient (Wildman–Crippen LogP) is 1.09. The van der Waals surface area contributed by atoms with Crippen molar-refractivity contribution in [2.24, 2.45) is 0 Å². The summed E-state index contributed by atoms with van der Waals surface area (Å²) in [6.07, 6.45) is 1.16. The van der Waals surface area contributed by atoms with Crippen molar-refractivity contribution < 1.29 is 60.6 Å². The average Bonchev–Trinajstić information content (AvgIpc) is 3.55. The van der Waals surface area contributed by atoms with E-state index in [2.05, 4.69) is 143 Å². The van der Waals surface area contributed by atoms with Crippen molar-refractivity contribution in [3.63, 3.8) is 0 Å². The molecule has 0 spiro atoms. The quantitative estimate of drug-likeness (QED) is 0.117. The fourth-order valence-corrected chi connectivity index (χ4v) is 5.11. The first kappa shape index (κ1) is 37.2. The Morgan fingerprint density at radius 2 is 0.952 bits per heavy atom. The van der Waals surface area contributed by atoms with Crippen molar-refractivity contribution in [2.75, 3.05) is 0 Å². The van der Waals surface area contributed by atoms with Crippen molar-refractivity contribution in [1.29, 1.82) is 0 Å². The molecule has 0 fully saturated rings. The molecule has 6 aromatic rings. The van der Waals surface area contributed by atoms with E-state index >= 15 is 0 Å². The van der Waals surface area contributed by atoms with Gasteiger partial charge >= 0.3 is 74.6 Å².